The van der Waals surface area contributed by atoms with Crippen molar-refractivity contribution >= 4 is 15.8 Å². The molecule has 0 N–H and O–H groups in total. The third-order valence-corrected chi connectivity index (χ3v) is 5.34. The van der Waals surface area contributed by atoms with E-state index in [9.17, 15) is 13.2 Å². The Labute approximate surface area is 148 Å². The molecule has 0 bridgehead atoms. The topological polar surface area (TPSA) is 69.7 Å². The first kappa shape index (κ1) is 19.0. The van der Waals surface area contributed by atoms with E-state index in [0.29, 0.717) is 5.75 Å². The Balaban J connectivity index is 1.63. The van der Waals surface area contributed by atoms with Crippen LogP contribution in [0, 0.1) is 6.92 Å². The van der Waals surface area contributed by atoms with Crippen LogP contribution in [-0.2, 0) is 19.4 Å². The number of sulfone groups is 1. The summed E-state index contributed by atoms with van der Waals surface area (Å²) >= 11 is 0. The largest absolute Gasteiger partial charge is 0.493 e. The highest BCUT2D eigenvalue weighted by atomic mass is 32.2. The van der Waals surface area contributed by atoms with Crippen LogP contribution in [0.15, 0.2) is 59.5 Å². The second-order valence-electron chi connectivity index (χ2n) is 5.62. The lowest BCUT2D eigenvalue weighted by Gasteiger charge is -2.08. The molecule has 0 atom stereocenters. The Hall–Kier alpha value is -2.34. The number of ether oxygens (including phenoxy) is 2. The maximum Gasteiger partial charge on any atom is 0.309 e. The molecule has 0 fully saturated rings. The maximum absolute atomic E-state index is 12.1. The summed E-state index contributed by atoms with van der Waals surface area (Å²) in [5.74, 6) is 0.251. The van der Waals surface area contributed by atoms with Gasteiger partial charge in [0.05, 0.1) is 30.3 Å². The monoisotopic (exact) mass is 362 g/mol. The van der Waals surface area contributed by atoms with Crippen LogP contribution in [0.3, 0.4) is 0 Å². The quantitative estimate of drug-likeness (QED) is 0.506. The molecule has 0 spiro atoms. The summed E-state index contributed by atoms with van der Waals surface area (Å²) in [5.41, 5.74) is 1.14. The lowest BCUT2D eigenvalue weighted by Crippen LogP contribution is -2.14. The first-order valence-corrected chi connectivity index (χ1v) is 9.75. The van der Waals surface area contributed by atoms with Gasteiger partial charge in [-0.25, -0.2) is 8.42 Å². The van der Waals surface area contributed by atoms with Crippen molar-refractivity contribution in [3.05, 3.63) is 60.2 Å². The number of rotatable bonds is 9. The van der Waals surface area contributed by atoms with Gasteiger partial charge in [0.15, 0.2) is 9.84 Å². The standard InChI is InChI=1S/C19H22O5S/c1-16-8-10-17(11-9-16)23-14-12-19(20)24-13-5-15-25(21,22)18-6-3-2-4-7-18/h2-4,6-11H,5,12-15H2,1H3. The molecule has 2 rings (SSSR count). The highest BCUT2D eigenvalue weighted by molar-refractivity contribution is 7.91. The molecule has 0 saturated carbocycles. The van der Waals surface area contributed by atoms with Crippen molar-refractivity contribution in [2.45, 2.75) is 24.7 Å². The number of esters is 1. The van der Waals surface area contributed by atoms with E-state index in [1.807, 2.05) is 31.2 Å². The van der Waals surface area contributed by atoms with Crippen molar-refractivity contribution in [1.82, 2.24) is 0 Å². The van der Waals surface area contributed by atoms with Gasteiger partial charge in [0.25, 0.3) is 0 Å². The van der Waals surface area contributed by atoms with Crippen LogP contribution >= 0.6 is 0 Å². The number of benzene rings is 2. The van der Waals surface area contributed by atoms with Crippen LogP contribution in [0.2, 0.25) is 0 Å². The Morgan fingerprint density at radius 1 is 0.960 bits per heavy atom. The summed E-state index contributed by atoms with van der Waals surface area (Å²) in [6, 6.07) is 15.8. The zero-order valence-corrected chi connectivity index (χ0v) is 15.0. The third kappa shape index (κ3) is 6.58. The van der Waals surface area contributed by atoms with Gasteiger partial charge in [0, 0.05) is 0 Å². The van der Waals surface area contributed by atoms with Crippen LogP contribution in [0.25, 0.3) is 0 Å². The van der Waals surface area contributed by atoms with Gasteiger partial charge in [0.1, 0.15) is 5.75 Å². The molecule has 0 radical (unpaired) electrons. The smallest absolute Gasteiger partial charge is 0.309 e. The highest BCUT2D eigenvalue weighted by Gasteiger charge is 2.13. The minimum absolute atomic E-state index is 0.0514. The van der Waals surface area contributed by atoms with Crippen molar-refractivity contribution in [2.24, 2.45) is 0 Å². The maximum atomic E-state index is 12.1. The van der Waals surface area contributed by atoms with Crippen molar-refractivity contribution in [3.8, 4) is 5.75 Å². The van der Waals surface area contributed by atoms with Gasteiger partial charge in [-0.05, 0) is 37.6 Å². The number of carbonyl (C=O) groups is 1. The third-order valence-electron chi connectivity index (χ3n) is 3.52. The van der Waals surface area contributed by atoms with E-state index in [0.717, 1.165) is 5.56 Å². The van der Waals surface area contributed by atoms with E-state index in [1.54, 1.807) is 30.3 Å². The molecule has 25 heavy (non-hydrogen) atoms. The van der Waals surface area contributed by atoms with Crippen LogP contribution < -0.4 is 4.74 Å². The van der Waals surface area contributed by atoms with E-state index in [-0.39, 0.29) is 36.7 Å². The molecule has 0 heterocycles. The lowest BCUT2D eigenvalue weighted by molar-refractivity contribution is -0.144. The van der Waals surface area contributed by atoms with Crippen LogP contribution in [0.5, 0.6) is 5.75 Å². The summed E-state index contributed by atoms with van der Waals surface area (Å²) in [6.07, 6.45) is 0.390. The summed E-state index contributed by atoms with van der Waals surface area (Å²) in [7, 11) is -3.33. The highest BCUT2D eigenvalue weighted by Crippen LogP contribution is 2.12. The molecule has 0 amide bonds. The van der Waals surface area contributed by atoms with Crippen LogP contribution in [0.4, 0.5) is 0 Å². The van der Waals surface area contributed by atoms with Crippen LogP contribution in [-0.4, -0.2) is 33.4 Å². The summed E-state index contributed by atoms with van der Waals surface area (Å²) in [5, 5.41) is 0. The Morgan fingerprint density at radius 2 is 1.64 bits per heavy atom. The first-order valence-electron chi connectivity index (χ1n) is 8.10. The fourth-order valence-electron chi connectivity index (χ4n) is 2.14. The molecular formula is C19H22O5S. The van der Waals surface area contributed by atoms with Crippen LogP contribution in [0.1, 0.15) is 18.4 Å². The average molecular weight is 362 g/mol. The van der Waals surface area contributed by atoms with E-state index < -0.39 is 15.8 Å². The molecule has 0 unspecified atom stereocenters. The molecule has 6 heteroatoms. The minimum Gasteiger partial charge on any atom is -0.493 e. The van der Waals surface area contributed by atoms with Gasteiger partial charge in [-0.2, -0.15) is 0 Å². The Bertz CT molecular complexity index is 767. The predicted octanol–water partition coefficient (Wildman–Crippen LogP) is 3.17. The number of hydrogen-bond donors (Lipinski definition) is 0. The SMILES string of the molecule is Cc1ccc(OCCC(=O)OCCCS(=O)(=O)c2ccccc2)cc1. The number of carbonyl (C=O) groups excluding carboxylic acids is 1. The molecule has 0 aliphatic carbocycles. The van der Waals surface area contributed by atoms with Gasteiger partial charge in [-0.15, -0.1) is 0 Å². The summed E-state index contributed by atoms with van der Waals surface area (Å²) < 4.78 is 34.6. The summed E-state index contributed by atoms with van der Waals surface area (Å²) in [6.45, 7) is 2.29. The average Bonchev–Trinajstić information content (AvgIpc) is 2.61. The zero-order chi connectivity index (χ0) is 18.1. The predicted molar refractivity (Wildman–Crippen MR) is 95.4 cm³/mol. The second kappa shape index (κ2) is 9.22. The summed E-state index contributed by atoms with van der Waals surface area (Å²) in [4.78, 5) is 11.9. The molecule has 2 aromatic rings. The van der Waals surface area contributed by atoms with Crippen molar-refractivity contribution in [1.29, 1.82) is 0 Å². The second-order valence-corrected chi connectivity index (χ2v) is 7.73. The molecule has 0 saturated heterocycles. The fourth-order valence-corrected chi connectivity index (χ4v) is 3.44. The molecule has 5 nitrogen and oxygen atoms in total. The molecule has 0 aliphatic rings. The minimum atomic E-state index is -3.33. The Kier molecular flexibility index (Phi) is 7.01. The van der Waals surface area contributed by atoms with Gasteiger partial charge in [-0.1, -0.05) is 35.9 Å². The Morgan fingerprint density at radius 3 is 2.32 bits per heavy atom. The van der Waals surface area contributed by atoms with E-state index in [4.69, 9.17) is 9.47 Å². The fraction of sp³-hybridized carbons (Fsp3) is 0.316. The van der Waals surface area contributed by atoms with E-state index in [2.05, 4.69) is 0 Å². The van der Waals surface area contributed by atoms with Crippen molar-refractivity contribution in [2.75, 3.05) is 19.0 Å². The van der Waals surface area contributed by atoms with Gasteiger partial charge >= 0.3 is 5.97 Å². The molecule has 0 aromatic heterocycles. The lowest BCUT2D eigenvalue weighted by atomic mass is 10.2. The molecular weight excluding hydrogens is 340 g/mol. The molecule has 2 aromatic carbocycles. The van der Waals surface area contributed by atoms with Crippen molar-refractivity contribution in [3.63, 3.8) is 0 Å². The van der Waals surface area contributed by atoms with Gasteiger partial charge in [-0.3, -0.25) is 4.79 Å². The van der Waals surface area contributed by atoms with E-state index >= 15 is 0 Å². The van der Waals surface area contributed by atoms with Gasteiger partial charge in [0.2, 0.25) is 0 Å². The normalized spacial score (nSPS) is 11.1. The van der Waals surface area contributed by atoms with E-state index in [1.165, 1.54) is 0 Å². The molecule has 0 aliphatic heterocycles. The number of aryl methyl sites for hydroxylation is 1. The first-order chi connectivity index (χ1) is 12.0. The van der Waals surface area contributed by atoms with Crippen molar-refractivity contribution < 1.29 is 22.7 Å². The zero-order valence-electron chi connectivity index (χ0n) is 14.2. The molecule has 134 valence electrons. The number of hydrogen-bond acceptors (Lipinski definition) is 5. The van der Waals surface area contributed by atoms with Gasteiger partial charge < -0.3 is 9.47 Å².